The topological polar surface area (TPSA) is 49.7 Å². The number of para-hydroxylation sites is 1. The van der Waals surface area contributed by atoms with Gasteiger partial charge in [-0.25, -0.2) is 13.2 Å². The summed E-state index contributed by atoms with van der Waals surface area (Å²) in [6.07, 6.45) is -0.111. The van der Waals surface area contributed by atoms with Gasteiger partial charge in [0.05, 0.1) is 12.6 Å². The van der Waals surface area contributed by atoms with Crippen molar-refractivity contribution in [3.05, 3.63) is 65.4 Å². The number of aromatic nitrogens is 1. The molecule has 0 aliphatic carbocycles. The van der Waals surface area contributed by atoms with Crippen LogP contribution in [0.1, 0.15) is 31.1 Å². The highest BCUT2D eigenvalue weighted by Crippen LogP contribution is 2.42. The normalized spacial score (nSPS) is 23.2. The van der Waals surface area contributed by atoms with Crippen LogP contribution in [0.4, 0.5) is 13.2 Å². The summed E-state index contributed by atoms with van der Waals surface area (Å²) in [6, 6.07) is 11.0. The van der Waals surface area contributed by atoms with Gasteiger partial charge in [0.2, 0.25) is 0 Å². The minimum atomic E-state index is -1.92. The van der Waals surface area contributed by atoms with Crippen LogP contribution in [0.3, 0.4) is 0 Å². The zero-order valence-electron chi connectivity index (χ0n) is 18.7. The number of nitrogens with one attached hydrogen (secondary N) is 1. The number of alkyl halides is 1. The Morgan fingerprint density at radius 1 is 1.15 bits per heavy atom. The summed E-state index contributed by atoms with van der Waals surface area (Å²) in [6.45, 7) is 4.18. The van der Waals surface area contributed by atoms with Gasteiger partial charge in [-0.1, -0.05) is 18.2 Å². The third-order valence-corrected chi connectivity index (χ3v) is 6.68. The van der Waals surface area contributed by atoms with E-state index in [9.17, 15) is 9.50 Å². The van der Waals surface area contributed by atoms with E-state index in [0.29, 0.717) is 25.3 Å². The number of fused-ring (bicyclic) bond motifs is 3. The quantitative estimate of drug-likeness (QED) is 0.589. The molecule has 8 heteroatoms. The van der Waals surface area contributed by atoms with E-state index in [0.717, 1.165) is 10.9 Å². The summed E-state index contributed by atoms with van der Waals surface area (Å²) < 4.78 is 53.7. The Hall–Kier alpha value is -2.55. The molecule has 5 rings (SSSR count). The summed E-state index contributed by atoms with van der Waals surface area (Å²) in [5, 5.41) is 13.6. The van der Waals surface area contributed by atoms with E-state index in [-0.39, 0.29) is 30.0 Å². The maximum Gasteiger partial charge on any atom is 0.143 e. The summed E-state index contributed by atoms with van der Waals surface area (Å²) in [5.74, 6) is -1.33. The van der Waals surface area contributed by atoms with Gasteiger partial charge in [-0.15, -0.1) is 0 Å². The maximum atomic E-state index is 15.5. The van der Waals surface area contributed by atoms with Crippen molar-refractivity contribution in [2.24, 2.45) is 0 Å². The number of rotatable bonds is 6. The molecule has 0 bridgehead atoms. The second-order valence-corrected chi connectivity index (χ2v) is 9.43. The first-order valence-electron chi connectivity index (χ1n) is 11.3. The number of ether oxygens (including phenoxy) is 1. The third kappa shape index (κ3) is 4.00. The Balaban J connectivity index is 1.64. The molecule has 2 aliphatic rings. The predicted molar refractivity (Wildman–Crippen MR) is 120 cm³/mol. The predicted octanol–water partition coefficient (Wildman–Crippen LogP) is 3.78. The van der Waals surface area contributed by atoms with E-state index in [2.05, 4.69) is 9.88 Å². The number of nitrogens with zero attached hydrogens (tertiary/aromatic N) is 2. The molecule has 2 N–H and O–H groups in total. The monoisotopic (exact) mass is 459 g/mol. The van der Waals surface area contributed by atoms with Gasteiger partial charge in [0.1, 0.15) is 29.2 Å². The first-order chi connectivity index (χ1) is 15.8. The van der Waals surface area contributed by atoms with Gasteiger partial charge in [0, 0.05) is 61.1 Å². The number of aliphatic hydroxyl groups excluding tert-OH is 1. The van der Waals surface area contributed by atoms with Crippen LogP contribution in [0.15, 0.2) is 42.5 Å². The van der Waals surface area contributed by atoms with Crippen molar-refractivity contribution in [2.75, 3.05) is 26.2 Å². The third-order valence-electron chi connectivity index (χ3n) is 6.68. The lowest BCUT2D eigenvalue weighted by molar-refractivity contribution is 0.00871. The van der Waals surface area contributed by atoms with Gasteiger partial charge in [0.15, 0.2) is 0 Å². The highest BCUT2D eigenvalue weighted by Gasteiger charge is 2.41. The zero-order valence-corrected chi connectivity index (χ0v) is 18.7. The molecule has 3 atom stereocenters. The molecule has 176 valence electrons. The van der Waals surface area contributed by atoms with Gasteiger partial charge >= 0.3 is 0 Å². The maximum absolute atomic E-state index is 15.5. The van der Waals surface area contributed by atoms with Crippen molar-refractivity contribution >= 4 is 10.9 Å². The highest BCUT2D eigenvalue weighted by molar-refractivity contribution is 5.82. The first-order valence-corrected chi connectivity index (χ1v) is 11.3. The fourth-order valence-corrected chi connectivity index (χ4v) is 4.88. The van der Waals surface area contributed by atoms with Crippen LogP contribution in [-0.2, 0) is 6.54 Å². The van der Waals surface area contributed by atoms with E-state index < -0.39 is 30.0 Å². The summed E-state index contributed by atoms with van der Waals surface area (Å²) >= 11 is 0. The second kappa shape index (κ2) is 8.34. The smallest absolute Gasteiger partial charge is 0.143 e. The minimum absolute atomic E-state index is 0.111. The average molecular weight is 460 g/mol. The zero-order chi connectivity index (χ0) is 23.3. The molecule has 2 aromatic carbocycles. The molecule has 0 spiro atoms. The van der Waals surface area contributed by atoms with Crippen molar-refractivity contribution in [3.63, 3.8) is 0 Å². The number of hydrogen-bond donors (Lipinski definition) is 2. The van der Waals surface area contributed by atoms with E-state index >= 15 is 8.78 Å². The number of aliphatic hydroxyl groups is 1. The van der Waals surface area contributed by atoms with Crippen molar-refractivity contribution in [2.45, 2.75) is 44.2 Å². The van der Waals surface area contributed by atoms with Gasteiger partial charge < -0.3 is 19.7 Å². The van der Waals surface area contributed by atoms with Gasteiger partial charge in [-0.05, 0) is 31.4 Å². The fourth-order valence-electron chi connectivity index (χ4n) is 4.88. The van der Waals surface area contributed by atoms with Crippen LogP contribution in [0.25, 0.3) is 10.9 Å². The molecule has 33 heavy (non-hydrogen) atoms. The van der Waals surface area contributed by atoms with Crippen LogP contribution in [0.2, 0.25) is 0 Å². The molecule has 1 unspecified atom stereocenters. The van der Waals surface area contributed by atoms with Crippen molar-refractivity contribution < 1.29 is 23.0 Å². The van der Waals surface area contributed by atoms with Gasteiger partial charge in [0.25, 0.3) is 0 Å². The Morgan fingerprint density at radius 3 is 2.48 bits per heavy atom. The van der Waals surface area contributed by atoms with Crippen LogP contribution in [0, 0.1) is 11.6 Å². The second-order valence-electron chi connectivity index (χ2n) is 9.43. The Kier molecular flexibility index (Phi) is 5.63. The highest BCUT2D eigenvalue weighted by atomic mass is 19.1. The Bertz CT molecular complexity index is 1150. The molecule has 3 heterocycles. The van der Waals surface area contributed by atoms with E-state index in [1.165, 1.54) is 19.1 Å². The molecule has 0 saturated carbocycles. The molecular weight excluding hydrogens is 431 g/mol. The molecular formula is C25H28F3N3O2. The molecule has 2 aliphatic heterocycles. The Morgan fingerprint density at radius 2 is 1.85 bits per heavy atom. The Labute approximate surface area is 190 Å². The lowest BCUT2D eigenvalue weighted by Crippen LogP contribution is -2.51. The summed E-state index contributed by atoms with van der Waals surface area (Å²) in [7, 11) is 0. The standard InChI is InChI=1S/C25H28F3N3O2/c1-15-12-30-21-6-4-3-5-16(21)7-22(30)24(31(15)13-25(2,28)14-32)23-19(26)8-17(9-20(23)27)33-18-10-29-11-18/h3-9,15,18,24,29,32H,10-14H2,1-2H3/t15-,24+,25?/m1/s1. The van der Waals surface area contributed by atoms with Crippen molar-refractivity contribution in [1.29, 1.82) is 0 Å². The van der Waals surface area contributed by atoms with E-state index in [4.69, 9.17) is 4.74 Å². The van der Waals surface area contributed by atoms with Gasteiger partial charge in [-0.3, -0.25) is 4.90 Å². The summed E-state index contributed by atoms with van der Waals surface area (Å²) in [5.41, 5.74) is -0.406. The largest absolute Gasteiger partial charge is 0.488 e. The molecule has 1 aromatic heterocycles. The number of hydrogen-bond acceptors (Lipinski definition) is 4. The molecule has 1 saturated heterocycles. The summed E-state index contributed by atoms with van der Waals surface area (Å²) in [4.78, 5) is 1.75. The van der Waals surface area contributed by atoms with Crippen LogP contribution in [0.5, 0.6) is 5.75 Å². The fraction of sp³-hybridized carbons (Fsp3) is 0.440. The lowest BCUT2D eigenvalue weighted by Gasteiger charge is -2.44. The minimum Gasteiger partial charge on any atom is -0.488 e. The van der Waals surface area contributed by atoms with Crippen molar-refractivity contribution in [3.8, 4) is 5.75 Å². The van der Waals surface area contributed by atoms with Crippen LogP contribution >= 0.6 is 0 Å². The lowest BCUT2D eigenvalue weighted by atomic mass is 9.94. The SMILES string of the molecule is C[C@@H]1Cn2c(cc3ccccc32)[C@@H](c2c(F)cc(OC3CNC3)cc2F)N1CC(C)(F)CO. The molecule has 0 amide bonds. The first kappa shape index (κ1) is 22.3. The van der Waals surface area contributed by atoms with Gasteiger partial charge in [-0.2, -0.15) is 0 Å². The molecule has 1 fully saturated rings. The number of halogens is 3. The van der Waals surface area contributed by atoms with Crippen LogP contribution < -0.4 is 10.1 Å². The van der Waals surface area contributed by atoms with Crippen molar-refractivity contribution in [1.82, 2.24) is 14.8 Å². The number of benzene rings is 2. The molecule has 5 nitrogen and oxygen atoms in total. The van der Waals surface area contributed by atoms with Crippen LogP contribution in [-0.4, -0.2) is 58.6 Å². The average Bonchev–Trinajstić information content (AvgIpc) is 3.10. The van der Waals surface area contributed by atoms with E-state index in [1.807, 2.05) is 37.3 Å². The molecule has 0 radical (unpaired) electrons. The molecule has 3 aromatic rings. The van der Waals surface area contributed by atoms with E-state index in [1.54, 1.807) is 4.90 Å².